The Morgan fingerprint density at radius 2 is 2.07 bits per heavy atom. The van der Waals surface area contributed by atoms with Gasteiger partial charge in [0.15, 0.2) is 0 Å². The Morgan fingerprint density at radius 1 is 1.27 bits per heavy atom. The van der Waals surface area contributed by atoms with E-state index in [2.05, 4.69) is 6.07 Å². The molecule has 0 saturated heterocycles. The highest BCUT2D eigenvalue weighted by Gasteiger charge is 2.22. The zero-order valence-corrected chi connectivity index (χ0v) is 10.4. The lowest BCUT2D eigenvalue weighted by atomic mass is 9.93. The van der Waals surface area contributed by atoms with Gasteiger partial charge in [0.2, 0.25) is 0 Å². The minimum absolute atomic E-state index is 0.103. The molecule has 1 N–H and O–H groups in total. The maximum Gasteiger partial charge on any atom is 0.0931 e. The fraction of sp³-hybridized carbons (Fsp3) is 0.667. The van der Waals surface area contributed by atoms with E-state index in [1.807, 2.05) is 6.07 Å². The summed E-state index contributed by atoms with van der Waals surface area (Å²) >= 11 is 7.55. The molecule has 1 aliphatic carbocycles. The molecule has 1 aromatic heterocycles. The minimum atomic E-state index is -0.103. The summed E-state index contributed by atoms with van der Waals surface area (Å²) in [6.45, 7) is 0. The van der Waals surface area contributed by atoms with Gasteiger partial charge in [-0.3, -0.25) is 0 Å². The van der Waals surface area contributed by atoms with Crippen molar-refractivity contribution in [2.24, 2.45) is 5.92 Å². The standard InChI is InChI=1S/C12H17ClOS/c13-12-7-6-10(15-12)8-9-4-2-1-3-5-11(9)14/h6-7,9,11,14H,1-5,8H2. The molecule has 84 valence electrons. The van der Waals surface area contributed by atoms with Gasteiger partial charge in [0.05, 0.1) is 10.4 Å². The van der Waals surface area contributed by atoms with E-state index < -0.39 is 0 Å². The van der Waals surface area contributed by atoms with Gasteiger partial charge in [-0.15, -0.1) is 11.3 Å². The Morgan fingerprint density at radius 3 is 2.80 bits per heavy atom. The van der Waals surface area contributed by atoms with Crippen LogP contribution in [-0.2, 0) is 6.42 Å². The minimum Gasteiger partial charge on any atom is -0.393 e. The van der Waals surface area contributed by atoms with Gasteiger partial charge < -0.3 is 5.11 Å². The highest BCUT2D eigenvalue weighted by molar-refractivity contribution is 7.16. The third kappa shape index (κ3) is 3.20. The van der Waals surface area contributed by atoms with Crippen molar-refractivity contribution in [2.75, 3.05) is 0 Å². The monoisotopic (exact) mass is 244 g/mol. The second kappa shape index (κ2) is 5.33. The Bertz CT molecular complexity index is 310. The van der Waals surface area contributed by atoms with Crippen LogP contribution in [-0.4, -0.2) is 11.2 Å². The molecule has 3 heteroatoms. The van der Waals surface area contributed by atoms with E-state index in [1.165, 1.54) is 24.1 Å². The number of rotatable bonds is 2. The molecule has 0 aliphatic heterocycles. The lowest BCUT2D eigenvalue weighted by Crippen LogP contribution is -2.20. The molecule has 0 amide bonds. The fourth-order valence-electron chi connectivity index (χ4n) is 2.32. The van der Waals surface area contributed by atoms with Crippen molar-refractivity contribution in [3.05, 3.63) is 21.3 Å². The number of hydrogen-bond donors (Lipinski definition) is 1. The summed E-state index contributed by atoms with van der Waals surface area (Å²) in [4.78, 5) is 1.31. The van der Waals surface area contributed by atoms with E-state index in [9.17, 15) is 5.11 Å². The molecule has 15 heavy (non-hydrogen) atoms. The van der Waals surface area contributed by atoms with E-state index in [4.69, 9.17) is 11.6 Å². The van der Waals surface area contributed by atoms with Crippen molar-refractivity contribution in [1.82, 2.24) is 0 Å². The molecule has 0 spiro atoms. The first kappa shape index (κ1) is 11.4. The summed E-state index contributed by atoms with van der Waals surface area (Å²) < 4.78 is 0.855. The first-order chi connectivity index (χ1) is 7.25. The zero-order chi connectivity index (χ0) is 10.7. The topological polar surface area (TPSA) is 20.2 Å². The van der Waals surface area contributed by atoms with Crippen LogP contribution >= 0.6 is 22.9 Å². The summed E-state index contributed by atoms with van der Waals surface area (Å²) in [5.74, 6) is 0.446. The van der Waals surface area contributed by atoms with E-state index >= 15 is 0 Å². The van der Waals surface area contributed by atoms with Gasteiger partial charge in [-0.2, -0.15) is 0 Å². The van der Waals surface area contributed by atoms with Crippen LogP contribution in [0.5, 0.6) is 0 Å². The van der Waals surface area contributed by atoms with Crippen molar-refractivity contribution in [3.63, 3.8) is 0 Å². The summed E-state index contributed by atoms with van der Waals surface area (Å²) in [5.41, 5.74) is 0. The van der Waals surface area contributed by atoms with E-state index in [0.717, 1.165) is 23.6 Å². The second-order valence-corrected chi connectivity index (χ2v) is 6.18. The van der Waals surface area contributed by atoms with E-state index in [0.29, 0.717) is 5.92 Å². The van der Waals surface area contributed by atoms with Crippen LogP contribution in [0.15, 0.2) is 12.1 Å². The maximum atomic E-state index is 9.99. The maximum absolute atomic E-state index is 9.99. The van der Waals surface area contributed by atoms with Crippen LogP contribution in [0.25, 0.3) is 0 Å². The molecular formula is C12H17ClOS. The summed E-state index contributed by atoms with van der Waals surface area (Å²) in [6, 6.07) is 4.04. The van der Waals surface area contributed by atoms with Crippen molar-refractivity contribution < 1.29 is 5.11 Å². The average molecular weight is 245 g/mol. The summed E-state index contributed by atoms with van der Waals surface area (Å²) in [7, 11) is 0. The number of aliphatic hydroxyl groups excluding tert-OH is 1. The molecule has 1 fully saturated rings. The van der Waals surface area contributed by atoms with Gasteiger partial charge in [-0.05, 0) is 37.3 Å². The number of thiophene rings is 1. The molecule has 1 nitrogen and oxygen atoms in total. The van der Waals surface area contributed by atoms with Gasteiger partial charge in [-0.25, -0.2) is 0 Å². The third-order valence-electron chi connectivity index (χ3n) is 3.21. The largest absolute Gasteiger partial charge is 0.393 e. The van der Waals surface area contributed by atoms with Crippen molar-refractivity contribution in [3.8, 4) is 0 Å². The van der Waals surface area contributed by atoms with Crippen molar-refractivity contribution >= 4 is 22.9 Å². The van der Waals surface area contributed by atoms with Crippen LogP contribution in [0.4, 0.5) is 0 Å². The first-order valence-electron chi connectivity index (χ1n) is 5.68. The molecule has 0 aromatic carbocycles. The number of aliphatic hydroxyl groups is 1. The van der Waals surface area contributed by atoms with E-state index in [-0.39, 0.29) is 6.10 Å². The van der Waals surface area contributed by atoms with E-state index in [1.54, 1.807) is 11.3 Å². The first-order valence-corrected chi connectivity index (χ1v) is 6.87. The molecule has 1 aromatic rings. The Kier molecular flexibility index (Phi) is 4.06. The van der Waals surface area contributed by atoms with Gasteiger partial charge in [0.25, 0.3) is 0 Å². The van der Waals surface area contributed by atoms with Gasteiger partial charge in [0, 0.05) is 4.88 Å². The van der Waals surface area contributed by atoms with Crippen LogP contribution in [0, 0.1) is 5.92 Å². The molecule has 2 rings (SSSR count). The van der Waals surface area contributed by atoms with Gasteiger partial charge >= 0.3 is 0 Å². The SMILES string of the molecule is OC1CCCCCC1Cc1ccc(Cl)s1. The Hall–Kier alpha value is -0.0500. The van der Waals surface area contributed by atoms with Crippen LogP contribution in [0.2, 0.25) is 4.34 Å². The molecule has 2 unspecified atom stereocenters. The van der Waals surface area contributed by atoms with Crippen LogP contribution in [0.1, 0.15) is 37.0 Å². The zero-order valence-electron chi connectivity index (χ0n) is 8.79. The fourth-order valence-corrected chi connectivity index (χ4v) is 3.50. The van der Waals surface area contributed by atoms with Crippen molar-refractivity contribution in [1.29, 1.82) is 0 Å². The van der Waals surface area contributed by atoms with Gasteiger partial charge in [-0.1, -0.05) is 30.9 Å². The quantitative estimate of drug-likeness (QED) is 0.783. The second-order valence-electron chi connectivity index (χ2n) is 4.38. The highest BCUT2D eigenvalue weighted by atomic mass is 35.5. The van der Waals surface area contributed by atoms with Gasteiger partial charge in [0.1, 0.15) is 0 Å². The lowest BCUT2D eigenvalue weighted by molar-refractivity contribution is 0.101. The van der Waals surface area contributed by atoms with Crippen LogP contribution < -0.4 is 0 Å². The highest BCUT2D eigenvalue weighted by Crippen LogP contribution is 2.30. The smallest absolute Gasteiger partial charge is 0.0931 e. The Balaban J connectivity index is 1.97. The average Bonchev–Trinajstić information content (AvgIpc) is 2.50. The third-order valence-corrected chi connectivity index (χ3v) is 4.46. The summed E-state index contributed by atoms with van der Waals surface area (Å²) in [6.07, 6.45) is 6.76. The number of halogens is 1. The molecule has 1 saturated carbocycles. The predicted octanol–water partition coefficient (Wildman–Crippen LogP) is 3.89. The molecule has 0 bridgehead atoms. The molecular weight excluding hydrogens is 228 g/mol. The molecule has 1 aliphatic rings. The lowest BCUT2D eigenvalue weighted by Gasteiger charge is -2.19. The van der Waals surface area contributed by atoms with Crippen LogP contribution in [0.3, 0.4) is 0 Å². The molecule has 1 heterocycles. The molecule has 2 atom stereocenters. The normalized spacial score (nSPS) is 27.6. The molecule has 0 radical (unpaired) electrons. The number of hydrogen-bond acceptors (Lipinski definition) is 2. The predicted molar refractivity (Wildman–Crippen MR) is 65.6 cm³/mol. The summed E-state index contributed by atoms with van der Waals surface area (Å²) in [5, 5.41) is 9.99. The Labute approximate surface area is 100 Å². The van der Waals surface area contributed by atoms with Crippen molar-refractivity contribution in [2.45, 2.75) is 44.6 Å².